The molecule has 2 aromatic rings. The van der Waals surface area contributed by atoms with Crippen LogP contribution in [-0.4, -0.2) is 70.1 Å². The Morgan fingerprint density at radius 3 is 2.00 bits per heavy atom. The van der Waals surface area contributed by atoms with Crippen LogP contribution in [-0.2, 0) is 30.3 Å². The van der Waals surface area contributed by atoms with E-state index in [0.29, 0.717) is 17.7 Å². The fourth-order valence-corrected chi connectivity index (χ4v) is 5.63. The van der Waals surface area contributed by atoms with Crippen LogP contribution in [0, 0.1) is 6.92 Å². The van der Waals surface area contributed by atoms with E-state index in [2.05, 4.69) is 10.6 Å². The van der Waals surface area contributed by atoms with Crippen molar-refractivity contribution in [2.45, 2.75) is 116 Å². The number of alkyl carbamates (subject to hydrolysis) is 1. The number of amides is 3. The van der Waals surface area contributed by atoms with Gasteiger partial charge in [0.15, 0.2) is 0 Å². The van der Waals surface area contributed by atoms with Crippen molar-refractivity contribution in [1.29, 1.82) is 0 Å². The predicted octanol–water partition coefficient (Wildman–Crippen LogP) is 6.13. The largest absolute Gasteiger partial charge is 0.458 e. The van der Waals surface area contributed by atoms with Gasteiger partial charge in [0, 0.05) is 12.5 Å². The molecule has 3 rings (SSSR count). The van der Waals surface area contributed by atoms with Crippen LogP contribution in [0.5, 0.6) is 0 Å². The molecule has 3 atom stereocenters. The molecule has 2 N–H and O–H groups in total. The summed E-state index contributed by atoms with van der Waals surface area (Å²) in [6, 6.07) is 13.8. The van der Waals surface area contributed by atoms with E-state index in [0.717, 1.165) is 30.4 Å². The first-order valence-electron chi connectivity index (χ1n) is 16.0. The lowest BCUT2D eigenvalue weighted by Crippen LogP contribution is -2.58. The number of carbonyl (C=O) groups excluding carboxylic acids is 4. The third kappa shape index (κ3) is 11.4. The van der Waals surface area contributed by atoms with Gasteiger partial charge in [-0.3, -0.25) is 9.59 Å². The van der Waals surface area contributed by atoms with Crippen molar-refractivity contribution in [3.63, 3.8) is 0 Å². The zero-order valence-electron chi connectivity index (χ0n) is 28.6. The average molecular weight is 654 g/mol. The maximum Gasteiger partial charge on any atom is 0.408 e. The molecule has 3 amide bonds. The van der Waals surface area contributed by atoms with Crippen LogP contribution >= 0.6 is 11.8 Å². The van der Waals surface area contributed by atoms with Gasteiger partial charge in [-0.2, -0.15) is 11.8 Å². The second kappa shape index (κ2) is 16.3. The monoisotopic (exact) mass is 653 g/mol. The van der Waals surface area contributed by atoms with Crippen molar-refractivity contribution >= 4 is 35.6 Å². The number of hydrogen-bond donors (Lipinski definition) is 2. The zero-order valence-corrected chi connectivity index (χ0v) is 29.4. The first-order valence-corrected chi connectivity index (χ1v) is 17.4. The second-order valence-corrected chi connectivity index (χ2v) is 14.9. The molecule has 0 aliphatic heterocycles. The molecule has 0 heterocycles. The van der Waals surface area contributed by atoms with Gasteiger partial charge in [0.05, 0.1) is 0 Å². The molecular weight excluding hydrogens is 602 g/mol. The zero-order chi connectivity index (χ0) is 34.1. The summed E-state index contributed by atoms with van der Waals surface area (Å²) in [6.45, 7) is 12.6. The second-order valence-electron chi connectivity index (χ2n) is 13.9. The summed E-state index contributed by atoms with van der Waals surface area (Å²) in [4.78, 5) is 57.1. The SMILES string of the molecule is CSCCC(NC(=O)OC(C)(C)C)C(=O)N(C1CCC1)C(C(=O)NC(Cc1ccccc1)C(=O)OC(C)(C)C)c1ccc(C)cc1. The van der Waals surface area contributed by atoms with Crippen molar-refractivity contribution in [2.24, 2.45) is 0 Å². The highest BCUT2D eigenvalue weighted by Crippen LogP contribution is 2.34. The van der Waals surface area contributed by atoms with Crippen LogP contribution in [0.2, 0.25) is 0 Å². The molecule has 3 unspecified atom stereocenters. The van der Waals surface area contributed by atoms with E-state index in [1.165, 1.54) is 0 Å². The first-order chi connectivity index (χ1) is 21.6. The van der Waals surface area contributed by atoms with Crippen LogP contribution in [0.4, 0.5) is 4.79 Å². The molecular formula is C36H51N3O6S. The number of nitrogens with one attached hydrogen (secondary N) is 2. The van der Waals surface area contributed by atoms with Crippen LogP contribution in [0.3, 0.4) is 0 Å². The predicted molar refractivity (Wildman–Crippen MR) is 182 cm³/mol. The Labute approximate surface area is 278 Å². The molecule has 1 fully saturated rings. The molecule has 1 saturated carbocycles. The van der Waals surface area contributed by atoms with Gasteiger partial charge in [0.1, 0.15) is 29.3 Å². The van der Waals surface area contributed by atoms with Crippen molar-refractivity contribution in [2.75, 3.05) is 12.0 Å². The Kier molecular flexibility index (Phi) is 13.1. The molecule has 0 radical (unpaired) electrons. The van der Waals surface area contributed by atoms with Crippen molar-refractivity contribution in [3.8, 4) is 0 Å². The fourth-order valence-electron chi connectivity index (χ4n) is 5.16. The third-order valence-electron chi connectivity index (χ3n) is 7.53. The standard InChI is InChI=1S/C36H51N3O6S/c1-24-17-19-26(20-18-24)30(31(40)37-29(33(42)44-35(2,3)4)23-25-13-10-9-11-14-25)39(27-15-12-16-27)32(41)28(21-22-46-8)38-34(43)45-36(5,6)7/h9-11,13-14,17-20,27-30H,12,15-16,21-23H2,1-8H3,(H,37,40)(H,38,43). The van der Waals surface area contributed by atoms with Gasteiger partial charge in [-0.05, 0) is 97.3 Å². The van der Waals surface area contributed by atoms with E-state index in [-0.39, 0.29) is 18.4 Å². The van der Waals surface area contributed by atoms with Gasteiger partial charge in [0.2, 0.25) is 11.8 Å². The number of nitrogens with zero attached hydrogens (tertiary/aromatic N) is 1. The molecule has 0 bridgehead atoms. The molecule has 1 aliphatic carbocycles. The van der Waals surface area contributed by atoms with E-state index < -0.39 is 47.3 Å². The fraction of sp³-hybridized carbons (Fsp3) is 0.556. The summed E-state index contributed by atoms with van der Waals surface area (Å²) >= 11 is 1.56. The van der Waals surface area contributed by atoms with Gasteiger partial charge in [-0.1, -0.05) is 60.2 Å². The Morgan fingerprint density at radius 2 is 1.48 bits per heavy atom. The number of ether oxygens (including phenoxy) is 2. The van der Waals surface area contributed by atoms with E-state index in [9.17, 15) is 19.2 Å². The normalized spacial score (nSPS) is 15.5. The highest BCUT2D eigenvalue weighted by Gasteiger charge is 2.43. The van der Waals surface area contributed by atoms with E-state index in [4.69, 9.17) is 9.47 Å². The van der Waals surface area contributed by atoms with Crippen LogP contribution in [0.1, 0.15) is 90.0 Å². The number of carbonyl (C=O) groups is 4. The molecule has 0 aromatic heterocycles. The van der Waals surface area contributed by atoms with Gasteiger partial charge < -0.3 is 25.0 Å². The lowest BCUT2D eigenvalue weighted by Gasteiger charge is -2.44. The van der Waals surface area contributed by atoms with E-state index in [1.807, 2.05) is 67.8 Å². The number of benzene rings is 2. The summed E-state index contributed by atoms with van der Waals surface area (Å²) in [5.41, 5.74) is 0.969. The molecule has 0 saturated heterocycles. The molecule has 10 heteroatoms. The van der Waals surface area contributed by atoms with Crippen molar-refractivity contribution in [1.82, 2.24) is 15.5 Å². The number of rotatable bonds is 13. The summed E-state index contributed by atoms with van der Waals surface area (Å²) in [5, 5.41) is 5.76. The summed E-state index contributed by atoms with van der Waals surface area (Å²) in [7, 11) is 0. The van der Waals surface area contributed by atoms with Gasteiger partial charge in [-0.25, -0.2) is 9.59 Å². The molecule has 2 aromatic carbocycles. The summed E-state index contributed by atoms with van der Waals surface area (Å²) < 4.78 is 11.2. The Morgan fingerprint density at radius 1 is 0.870 bits per heavy atom. The third-order valence-corrected chi connectivity index (χ3v) is 8.18. The minimum absolute atomic E-state index is 0.212. The quantitative estimate of drug-likeness (QED) is 0.250. The van der Waals surface area contributed by atoms with Crippen LogP contribution in [0.25, 0.3) is 0 Å². The molecule has 252 valence electrons. The Balaban J connectivity index is 2.04. The van der Waals surface area contributed by atoms with E-state index >= 15 is 0 Å². The van der Waals surface area contributed by atoms with Gasteiger partial charge in [-0.15, -0.1) is 0 Å². The smallest absolute Gasteiger partial charge is 0.408 e. The maximum atomic E-state index is 14.5. The lowest BCUT2D eigenvalue weighted by molar-refractivity contribution is -0.159. The Bertz CT molecular complexity index is 1320. The number of esters is 1. The number of thioether (sulfide) groups is 1. The van der Waals surface area contributed by atoms with Crippen molar-refractivity contribution in [3.05, 3.63) is 71.3 Å². The molecule has 0 spiro atoms. The van der Waals surface area contributed by atoms with Gasteiger partial charge in [0.25, 0.3) is 0 Å². The van der Waals surface area contributed by atoms with Crippen LogP contribution in [0.15, 0.2) is 54.6 Å². The minimum Gasteiger partial charge on any atom is -0.458 e. The van der Waals surface area contributed by atoms with Crippen molar-refractivity contribution < 1.29 is 28.7 Å². The van der Waals surface area contributed by atoms with Crippen LogP contribution < -0.4 is 10.6 Å². The topological polar surface area (TPSA) is 114 Å². The highest BCUT2D eigenvalue weighted by atomic mass is 32.2. The molecule has 9 nitrogen and oxygen atoms in total. The van der Waals surface area contributed by atoms with Gasteiger partial charge >= 0.3 is 12.1 Å². The number of aryl methyl sites for hydroxylation is 1. The van der Waals surface area contributed by atoms with E-state index in [1.54, 1.807) is 58.2 Å². The molecule has 46 heavy (non-hydrogen) atoms. The number of hydrogen-bond acceptors (Lipinski definition) is 7. The lowest BCUT2D eigenvalue weighted by atomic mass is 9.87. The summed E-state index contributed by atoms with van der Waals surface area (Å²) in [5.74, 6) is -0.790. The average Bonchev–Trinajstić information content (AvgIpc) is 2.93. The first kappa shape index (κ1) is 36.9. The maximum absolute atomic E-state index is 14.5. The molecule has 1 aliphatic rings. The highest BCUT2D eigenvalue weighted by molar-refractivity contribution is 7.98. The summed E-state index contributed by atoms with van der Waals surface area (Å²) in [6.07, 6.45) is 4.19. The Hall–Kier alpha value is -3.53. The minimum atomic E-state index is -1.05.